The van der Waals surface area contributed by atoms with Gasteiger partial charge < -0.3 is 10.1 Å². The molecule has 0 bridgehead atoms. The molecular formula is C24H25NO2. The molecule has 0 radical (unpaired) electrons. The summed E-state index contributed by atoms with van der Waals surface area (Å²) in [5.41, 5.74) is 4.37. The molecule has 0 unspecified atom stereocenters. The summed E-state index contributed by atoms with van der Waals surface area (Å²) in [7, 11) is 0. The van der Waals surface area contributed by atoms with E-state index >= 15 is 0 Å². The number of amides is 1. The fourth-order valence-corrected chi connectivity index (χ4v) is 2.97. The van der Waals surface area contributed by atoms with Gasteiger partial charge in [0.25, 0.3) is 5.91 Å². The van der Waals surface area contributed by atoms with Crippen molar-refractivity contribution in [3.8, 4) is 5.75 Å². The minimum Gasteiger partial charge on any atom is -0.481 e. The number of aryl methyl sites for hydroxylation is 2. The van der Waals surface area contributed by atoms with Gasteiger partial charge in [-0.05, 0) is 49.6 Å². The van der Waals surface area contributed by atoms with E-state index in [2.05, 4.69) is 36.5 Å². The third-order valence-corrected chi connectivity index (χ3v) is 4.50. The molecule has 1 N–H and O–H groups in total. The van der Waals surface area contributed by atoms with Crippen molar-refractivity contribution in [3.63, 3.8) is 0 Å². The summed E-state index contributed by atoms with van der Waals surface area (Å²) in [6.45, 7) is 5.83. The van der Waals surface area contributed by atoms with Gasteiger partial charge in [0.1, 0.15) is 5.75 Å². The van der Waals surface area contributed by atoms with Crippen LogP contribution < -0.4 is 10.1 Å². The van der Waals surface area contributed by atoms with E-state index in [9.17, 15) is 4.79 Å². The van der Waals surface area contributed by atoms with Gasteiger partial charge in [0, 0.05) is 0 Å². The molecule has 0 saturated heterocycles. The SMILES string of the molecule is Cc1ccc([C@@H](NC(=O)[C@@H](C)Oc2cccc(C)c2)c2ccccc2)cc1. The number of hydrogen-bond donors (Lipinski definition) is 1. The van der Waals surface area contributed by atoms with Crippen LogP contribution in [0.2, 0.25) is 0 Å². The molecule has 0 aliphatic carbocycles. The van der Waals surface area contributed by atoms with Crippen molar-refractivity contribution in [1.29, 1.82) is 0 Å². The molecule has 0 aliphatic heterocycles. The molecule has 3 rings (SSSR count). The van der Waals surface area contributed by atoms with Crippen LogP contribution in [0.1, 0.15) is 35.2 Å². The quantitative estimate of drug-likeness (QED) is 0.674. The van der Waals surface area contributed by atoms with Crippen LogP contribution in [0.15, 0.2) is 78.9 Å². The molecule has 0 saturated carbocycles. The summed E-state index contributed by atoms with van der Waals surface area (Å²) in [6, 6.07) is 25.7. The van der Waals surface area contributed by atoms with Crippen LogP contribution in [-0.2, 0) is 4.79 Å². The molecule has 3 nitrogen and oxygen atoms in total. The van der Waals surface area contributed by atoms with Crippen LogP contribution in [-0.4, -0.2) is 12.0 Å². The lowest BCUT2D eigenvalue weighted by atomic mass is 9.97. The van der Waals surface area contributed by atoms with Gasteiger partial charge in [-0.2, -0.15) is 0 Å². The fraction of sp³-hybridized carbons (Fsp3) is 0.208. The highest BCUT2D eigenvalue weighted by Gasteiger charge is 2.21. The monoisotopic (exact) mass is 359 g/mol. The molecule has 0 heterocycles. The van der Waals surface area contributed by atoms with Gasteiger partial charge in [0.05, 0.1) is 6.04 Å². The maximum atomic E-state index is 12.8. The van der Waals surface area contributed by atoms with Gasteiger partial charge in [-0.25, -0.2) is 0 Å². The maximum Gasteiger partial charge on any atom is 0.261 e. The van der Waals surface area contributed by atoms with E-state index < -0.39 is 6.10 Å². The molecule has 3 heteroatoms. The van der Waals surface area contributed by atoms with Crippen molar-refractivity contribution >= 4 is 5.91 Å². The summed E-state index contributed by atoms with van der Waals surface area (Å²) < 4.78 is 5.84. The van der Waals surface area contributed by atoms with Crippen LogP contribution in [0.25, 0.3) is 0 Å². The molecule has 138 valence electrons. The van der Waals surface area contributed by atoms with E-state index in [1.54, 1.807) is 6.92 Å². The molecule has 27 heavy (non-hydrogen) atoms. The van der Waals surface area contributed by atoms with Crippen molar-refractivity contribution in [2.24, 2.45) is 0 Å². The van der Waals surface area contributed by atoms with Gasteiger partial charge in [0.15, 0.2) is 6.10 Å². The number of rotatable bonds is 6. The third kappa shape index (κ3) is 4.98. The lowest BCUT2D eigenvalue weighted by molar-refractivity contribution is -0.127. The Labute approximate surface area is 161 Å². The lowest BCUT2D eigenvalue weighted by Crippen LogP contribution is -2.39. The van der Waals surface area contributed by atoms with Gasteiger partial charge >= 0.3 is 0 Å². The maximum absolute atomic E-state index is 12.8. The molecule has 2 atom stereocenters. The minimum atomic E-state index is -0.594. The number of carbonyl (C=O) groups excluding carboxylic acids is 1. The summed E-state index contributed by atoms with van der Waals surface area (Å²) in [5, 5.41) is 3.14. The summed E-state index contributed by atoms with van der Waals surface area (Å²) >= 11 is 0. The zero-order chi connectivity index (χ0) is 19.2. The molecule has 0 fully saturated rings. The van der Waals surface area contributed by atoms with Crippen LogP contribution >= 0.6 is 0 Å². The Bertz CT molecular complexity index is 888. The Kier molecular flexibility index (Phi) is 5.92. The smallest absolute Gasteiger partial charge is 0.261 e. The van der Waals surface area contributed by atoms with Crippen LogP contribution in [0.4, 0.5) is 0 Å². The van der Waals surface area contributed by atoms with Crippen molar-refractivity contribution in [2.75, 3.05) is 0 Å². The van der Waals surface area contributed by atoms with Crippen molar-refractivity contribution in [1.82, 2.24) is 5.32 Å². The first-order valence-corrected chi connectivity index (χ1v) is 9.18. The summed E-state index contributed by atoms with van der Waals surface area (Å²) in [6.07, 6.45) is -0.594. The Morgan fingerprint density at radius 1 is 0.815 bits per heavy atom. The number of carbonyl (C=O) groups is 1. The number of nitrogens with one attached hydrogen (secondary N) is 1. The first kappa shape index (κ1) is 18.7. The van der Waals surface area contributed by atoms with Gasteiger partial charge in [-0.3, -0.25) is 4.79 Å². The number of ether oxygens (including phenoxy) is 1. The van der Waals surface area contributed by atoms with E-state index in [1.165, 1.54) is 5.56 Å². The van der Waals surface area contributed by atoms with Crippen LogP contribution in [0.5, 0.6) is 5.75 Å². The van der Waals surface area contributed by atoms with E-state index in [-0.39, 0.29) is 11.9 Å². The molecular weight excluding hydrogens is 334 g/mol. The van der Waals surface area contributed by atoms with E-state index in [0.29, 0.717) is 5.75 Å². The normalized spacial score (nSPS) is 12.9. The molecule has 3 aromatic rings. The second-order valence-electron chi connectivity index (χ2n) is 6.84. The van der Waals surface area contributed by atoms with E-state index in [0.717, 1.165) is 16.7 Å². The zero-order valence-corrected chi connectivity index (χ0v) is 16.0. The lowest BCUT2D eigenvalue weighted by Gasteiger charge is -2.23. The molecule has 0 aliphatic rings. The molecule has 0 aromatic heterocycles. The highest BCUT2D eigenvalue weighted by atomic mass is 16.5. The minimum absolute atomic E-state index is 0.147. The predicted molar refractivity (Wildman–Crippen MR) is 109 cm³/mol. The molecule has 0 spiro atoms. The number of benzene rings is 3. The van der Waals surface area contributed by atoms with Crippen molar-refractivity contribution < 1.29 is 9.53 Å². The Balaban J connectivity index is 1.79. The van der Waals surface area contributed by atoms with Crippen LogP contribution in [0, 0.1) is 13.8 Å². The second kappa shape index (κ2) is 8.54. The Morgan fingerprint density at radius 2 is 1.48 bits per heavy atom. The van der Waals surface area contributed by atoms with Crippen molar-refractivity contribution in [2.45, 2.75) is 32.9 Å². The summed E-state index contributed by atoms with van der Waals surface area (Å²) in [5.74, 6) is 0.551. The number of hydrogen-bond acceptors (Lipinski definition) is 2. The zero-order valence-electron chi connectivity index (χ0n) is 16.0. The second-order valence-corrected chi connectivity index (χ2v) is 6.84. The largest absolute Gasteiger partial charge is 0.481 e. The molecule has 1 amide bonds. The van der Waals surface area contributed by atoms with Gasteiger partial charge in [-0.15, -0.1) is 0 Å². The average molecular weight is 359 g/mol. The van der Waals surface area contributed by atoms with Crippen LogP contribution in [0.3, 0.4) is 0 Å². The summed E-state index contributed by atoms with van der Waals surface area (Å²) in [4.78, 5) is 12.8. The average Bonchev–Trinajstić information content (AvgIpc) is 2.67. The first-order valence-electron chi connectivity index (χ1n) is 9.18. The predicted octanol–water partition coefficient (Wildman–Crippen LogP) is 4.98. The standard InChI is InChI=1S/C24H25NO2/c1-17-12-14-21(15-13-17)23(20-9-5-4-6-10-20)25-24(26)19(3)27-22-11-7-8-18(2)16-22/h4-16,19,23H,1-3H3,(H,25,26)/t19-,23+/m1/s1. The fourth-order valence-electron chi connectivity index (χ4n) is 2.97. The topological polar surface area (TPSA) is 38.3 Å². The third-order valence-electron chi connectivity index (χ3n) is 4.50. The van der Waals surface area contributed by atoms with Gasteiger partial charge in [0.2, 0.25) is 0 Å². The first-order chi connectivity index (χ1) is 13.0. The Hall–Kier alpha value is -3.07. The van der Waals surface area contributed by atoms with Gasteiger partial charge in [-0.1, -0.05) is 72.3 Å². The van der Waals surface area contributed by atoms with E-state index in [1.807, 2.05) is 61.5 Å². The van der Waals surface area contributed by atoms with E-state index in [4.69, 9.17) is 4.74 Å². The van der Waals surface area contributed by atoms with Crippen molar-refractivity contribution in [3.05, 3.63) is 101 Å². The molecule has 3 aromatic carbocycles. The highest BCUT2D eigenvalue weighted by Crippen LogP contribution is 2.23. The highest BCUT2D eigenvalue weighted by molar-refractivity contribution is 5.81. The Morgan fingerprint density at radius 3 is 2.15 bits per heavy atom.